The molecule has 0 amide bonds. The van der Waals surface area contributed by atoms with E-state index in [0.717, 1.165) is 49.5 Å². The maximum atomic E-state index is 14.8. The second-order valence-corrected chi connectivity index (χ2v) is 39.1. The monoisotopic (exact) mass is 1950 g/mol. The number of nitrogens with zero attached hydrogens (tertiary/aromatic N) is 20. The van der Waals surface area contributed by atoms with Gasteiger partial charge in [-0.05, 0) is 127 Å². The third kappa shape index (κ3) is 21.6. The van der Waals surface area contributed by atoms with Crippen molar-refractivity contribution >= 4 is 107 Å². The Kier molecular flexibility index (Phi) is 30.3. The van der Waals surface area contributed by atoms with E-state index in [1.807, 2.05) is 70.4 Å². The van der Waals surface area contributed by atoms with E-state index in [0.29, 0.717) is 191 Å². The number of aromatic nitrogens is 20. The quantitative estimate of drug-likeness (QED) is 0.0355. The lowest BCUT2D eigenvalue weighted by atomic mass is 9.84. The minimum atomic E-state index is -0.776. The zero-order valence-electron chi connectivity index (χ0n) is 78.5. The number of nitrogens with one attached hydrogen (secondary N) is 8. The molecule has 43 heteroatoms. The lowest BCUT2D eigenvalue weighted by Gasteiger charge is -2.41. The number of piperazine rings is 3. The molecule has 10 atom stereocenters. The molecule has 0 bridgehead atoms. The molecule has 5 aliphatic heterocycles. The van der Waals surface area contributed by atoms with Crippen molar-refractivity contribution < 1.29 is 50.4 Å². The Labute approximate surface area is 805 Å². The second-order valence-electron chi connectivity index (χ2n) is 38.2. The van der Waals surface area contributed by atoms with E-state index in [2.05, 4.69) is 149 Å². The molecule has 5 aliphatic rings. The summed E-state index contributed by atoms with van der Waals surface area (Å²) in [5.41, 5.74) is 16.8. The fourth-order valence-corrected chi connectivity index (χ4v) is 18.7. The maximum absolute atomic E-state index is 14.8. The highest BCUT2D eigenvalue weighted by Gasteiger charge is 2.40. The van der Waals surface area contributed by atoms with Crippen LogP contribution in [-0.2, 0) is 0 Å². The molecule has 5 saturated heterocycles. The van der Waals surface area contributed by atoms with Gasteiger partial charge in [0, 0.05) is 173 Å². The van der Waals surface area contributed by atoms with Crippen LogP contribution in [0.15, 0.2) is 122 Å². The van der Waals surface area contributed by atoms with E-state index in [1.165, 1.54) is 12.1 Å². The Morgan fingerprint density at radius 1 is 0.367 bits per heavy atom. The number of hydrogen-bond donors (Lipinski definition) is 13. The Morgan fingerprint density at radius 3 is 0.899 bits per heavy atom. The van der Waals surface area contributed by atoms with Crippen molar-refractivity contribution in [2.45, 2.75) is 144 Å². The van der Waals surface area contributed by atoms with Gasteiger partial charge in [-0.2, -0.15) is 25.5 Å². The molecule has 7 unspecified atom stereocenters. The number of aliphatic hydroxyl groups is 3. The number of pyridine rings is 10. The van der Waals surface area contributed by atoms with E-state index in [1.54, 1.807) is 89.3 Å². The van der Waals surface area contributed by atoms with Gasteiger partial charge in [-0.15, -0.1) is 0 Å². The smallest absolute Gasteiger partial charge is 0.181 e. The molecule has 20 heterocycles. The fourth-order valence-electron chi connectivity index (χ4n) is 18.2. The Balaban J connectivity index is 0.000000125. The number of nitrogens with two attached hydrogens (primary N) is 2. The number of rotatable bonds is 18. The number of aliphatic hydroxyl groups excluding tert-OH is 3. The largest absolute Gasteiger partial charge is 0.391 e. The molecule has 20 rings (SSSR count). The van der Waals surface area contributed by atoms with Gasteiger partial charge in [0.25, 0.3) is 0 Å². The standard InChI is InChI=1S/C20H24ClFN6O.C20H24F2N6O.C19H22ClFN6.C19H22F2N6.C18H20F2N6O/c1-20(2,3)17(29)14-10-28(8-7-23-14)19-12(21)9-13(22)16(25-19)15-11-5-4-6-24-18(11)27-26-15;1-20(2,3)17(29)14-10-28(8-7-23-14)19-13(22)9-12(21)16(25-19)15-11-5-4-6-24-18(11)27-26-15;1-10(2)15(22)11-5-7-27(9-11)19-13(20)8-14(21)17(24-19)16-12-4-3-6-23-18(12)26-25-16;1-10(2)15(22)11-5-7-27(9-11)19-14(21)8-13(20)17(24-19)16-12-4-3-6-23-18(12)26-25-16;1-2-14(27)13-9-26(7-6-21-13)18-12(20)8-11(19)16(23-18)15-10-4-3-5-22-17(10)25-24-15/h2*4-6,9,14,17,23,29H,7-8,10H2,1-3H3,(H,24,26,27);2*3-4,6,8,10-11,15H,5,7,9,22H2,1-2H3,(H,23,25,26);3-5,8,13-14,21,27H,2,6-7,9H2,1H3,(H,22,24,25)/t;;11-,15?;;13-,14-/m..0.0/s1. The molecular weight excluding hydrogens is 1840 g/mol. The molecule has 15 aromatic rings. The van der Waals surface area contributed by atoms with Crippen LogP contribution in [-0.4, -0.2) is 250 Å². The van der Waals surface area contributed by atoms with Crippen molar-refractivity contribution in [3.63, 3.8) is 0 Å². The van der Waals surface area contributed by atoms with Gasteiger partial charge in [0.05, 0.1) is 75.0 Å². The van der Waals surface area contributed by atoms with Crippen LogP contribution in [0.2, 0.25) is 10.0 Å². The van der Waals surface area contributed by atoms with Gasteiger partial charge in [0.2, 0.25) is 0 Å². The number of fused-ring (bicyclic) bond motifs is 5. The zero-order chi connectivity index (χ0) is 98.7. The number of anilines is 5. The second kappa shape index (κ2) is 42.3. The van der Waals surface area contributed by atoms with Crippen LogP contribution in [0, 0.1) is 81.0 Å². The molecule has 15 N–H and O–H groups in total. The minimum absolute atomic E-state index is 0.00646. The van der Waals surface area contributed by atoms with Crippen molar-refractivity contribution in [3.05, 3.63) is 179 Å². The summed E-state index contributed by atoms with van der Waals surface area (Å²) in [7, 11) is 0. The normalized spacial score (nSPS) is 18.8. The highest BCUT2D eigenvalue weighted by molar-refractivity contribution is 6.33. The molecule has 5 fully saturated rings. The van der Waals surface area contributed by atoms with Crippen LogP contribution >= 0.6 is 23.2 Å². The number of H-pyrrole nitrogens is 5. The molecule has 139 heavy (non-hydrogen) atoms. The predicted octanol–water partition coefficient (Wildman–Crippen LogP) is 14.1. The summed E-state index contributed by atoms with van der Waals surface area (Å²) >= 11 is 12.7. The molecule has 0 spiro atoms. The highest BCUT2D eigenvalue weighted by atomic mass is 35.5. The van der Waals surface area contributed by atoms with Crippen LogP contribution in [0.1, 0.15) is 95.4 Å². The summed E-state index contributed by atoms with van der Waals surface area (Å²) in [4.78, 5) is 52.1. The summed E-state index contributed by atoms with van der Waals surface area (Å²) in [6.45, 7) is 29.7. The highest BCUT2D eigenvalue weighted by Crippen LogP contribution is 2.41. The van der Waals surface area contributed by atoms with E-state index in [9.17, 15) is 50.4 Å². The van der Waals surface area contributed by atoms with Gasteiger partial charge in [0.1, 0.15) is 40.1 Å². The van der Waals surface area contributed by atoms with Crippen LogP contribution in [0.4, 0.5) is 64.2 Å². The zero-order valence-corrected chi connectivity index (χ0v) is 80.0. The summed E-state index contributed by atoms with van der Waals surface area (Å²) in [6.07, 6.45) is 8.77. The van der Waals surface area contributed by atoms with Gasteiger partial charge in [-0.1, -0.05) is 99.4 Å². The molecule has 0 radical (unpaired) electrons. The summed E-state index contributed by atoms with van der Waals surface area (Å²) in [6, 6.07) is 22.4. The van der Waals surface area contributed by atoms with Gasteiger partial charge >= 0.3 is 0 Å². The van der Waals surface area contributed by atoms with Crippen LogP contribution in [0.3, 0.4) is 0 Å². The number of halogens is 10. The van der Waals surface area contributed by atoms with Gasteiger partial charge in [-0.3, -0.25) is 25.5 Å². The fraction of sp³-hybridized carbons (Fsp3) is 0.427. The predicted molar refractivity (Wildman–Crippen MR) is 521 cm³/mol. The molecule has 33 nitrogen and oxygen atoms in total. The van der Waals surface area contributed by atoms with Gasteiger partial charge in [0.15, 0.2) is 92.2 Å². The summed E-state index contributed by atoms with van der Waals surface area (Å²) < 4.78 is 117. The number of hydrogen-bond acceptors (Lipinski definition) is 28. The first-order chi connectivity index (χ1) is 66.5. The molecule has 0 aromatic carbocycles. The van der Waals surface area contributed by atoms with Crippen molar-refractivity contribution in [2.24, 2.45) is 46.0 Å². The lowest BCUT2D eigenvalue weighted by molar-refractivity contribution is 0.0278. The molecule has 734 valence electrons. The van der Waals surface area contributed by atoms with Crippen LogP contribution in [0.25, 0.3) is 112 Å². The first kappa shape index (κ1) is 99.6. The molecule has 0 aliphatic carbocycles. The lowest BCUT2D eigenvalue weighted by Crippen LogP contribution is -2.58. The SMILES string of the molecule is CC(C)(C)C(O)C1CN(c2nc(-c3[nH]nc4ncccc34)c(F)cc2Cl)CCN1.CC(C)(C)C(O)C1CN(c2nc(-c3[nH]nc4ncccc34)c(F)cc2F)CCN1.CC(C)C(N)C1CCN(c2nc(-c3[nH]nc4ncccc34)c(F)cc2F)C1.CC(C)C(N)[C@H]1CCN(c2nc(-c3[nH]nc4ncccc34)c(F)cc2Cl)C1.CC[C@H](O)[C@@H]1CN(c2nc(-c3[nH]nc4ncccc34)c(F)cc2F)CCN1. The summed E-state index contributed by atoms with van der Waals surface area (Å²) in [5, 5.41) is 79.5. The van der Waals surface area contributed by atoms with Gasteiger partial charge in [-0.25, -0.2) is 85.0 Å². The van der Waals surface area contributed by atoms with Crippen LogP contribution < -0.4 is 51.9 Å². The number of aromatic amines is 5. The molecule has 15 aromatic heterocycles. The molecular formula is C96H112Cl2F8N30O3. The average molecular weight is 1960 g/mol. The Bertz CT molecular complexity index is 6510. The van der Waals surface area contributed by atoms with Crippen molar-refractivity contribution in [1.29, 1.82) is 0 Å². The Hall–Kier alpha value is -12.5. The van der Waals surface area contributed by atoms with E-state index >= 15 is 0 Å². The summed E-state index contributed by atoms with van der Waals surface area (Å²) in [5.74, 6) is -2.72. The maximum Gasteiger partial charge on any atom is 0.181 e. The van der Waals surface area contributed by atoms with E-state index in [4.69, 9.17) is 34.7 Å². The first-order valence-corrected chi connectivity index (χ1v) is 47.0. The van der Waals surface area contributed by atoms with Crippen molar-refractivity contribution in [1.82, 2.24) is 117 Å². The van der Waals surface area contributed by atoms with Crippen molar-refractivity contribution in [3.8, 4) is 56.9 Å². The van der Waals surface area contributed by atoms with Crippen LogP contribution in [0.5, 0.6) is 0 Å². The van der Waals surface area contributed by atoms with E-state index < -0.39 is 64.8 Å². The molecule has 0 saturated carbocycles. The first-order valence-electron chi connectivity index (χ1n) is 46.3. The van der Waals surface area contributed by atoms with Crippen molar-refractivity contribution in [2.75, 3.05) is 110 Å². The Morgan fingerprint density at radius 2 is 0.619 bits per heavy atom. The average Bonchev–Trinajstić information content (AvgIpc) is 1.63. The van der Waals surface area contributed by atoms with E-state index in [-0.39, 0.29) is 97.9 Å². The third-order valence-electron chi connectivity index (χ3n) is 26.0. The minimum Gasteiger partial charge on any atom is -0.391 e. The third-order valence-corrected chi connectivity index (χ3v) is 26.6. The van der Waals surface area contributed by atoms with Gasteiger partial charge < -0.3 is 67.2 Å². The topological polar surface area (TPSA) is 437 Å².